The monoisotopic (exact) mass is 436 g/mol. The second-order valence-corrected chi connectivity index (χ2v) is 9.69. The number of hydrogen-bond donors (Lipinski definition) is 1. The van der Waals surface area contributed by atoms with Crippen molar-refractivity contribution in [2.75, 3.05) is 6.79 Å². The Kier molecular flexibility index (Phi) is 8.42. The lowest BCUT2D eigenvalue weighted by molar-refractivity contribution is -0.109. The van der Waals surface area contributed by atoms with Gasteiger partial charge in [0.1, 0.15) is 11.5 Å². The first-order chi connectivity index (χ1) is 15.3. The number of phenolic OH excluding ortho intramolecular Hbond substituents is 1. The van der Waals surface area contributed by atoms with Crippen molar-refractivity contribution in [2.45, 2.75) is 77.7 Å². The van der Waals surface area contributed by atoms with E-state index in [1.54, 1.807) is 12.1 Å². The van der Waals surface area contributed by atoms with Gasteiger partial charge in [0.05, 0.1) is 5.60 Å². The molecule has 2 bridgehead atoms. The van der Waals surface area contributed by atoms with E-state index in [9.17, 15) is 0 Å². The van der Waals surface area contributed by atoms with Crippen molar-refractivity contribution in [1.29, 1.82) is 0 Å². The molecule has 0 radical (unpaired) electrons. The lowest BCUT2D eigenvalue weighted by atomic mass is 9.90. The molecular formula is C29H40O3. The molecule has 0 heterocycles. The van der Waals surface area contributed by atoms with Crippen LogP contribution < -0.4 is 4.74 Å². The van der Waals surface area contributed by atoms with Crippen molar-refractivity contribution in [3.8, 4) is 11.5 Å². The van der Waals surface area contributed by atoms with E-state index in [1.165, 1.54) is 17.5 Å². The van der Waals surface area contributed by atoms with Crippen molar-refractivity contribution in [2.24, 2.45) is 11.8 Å². The summed E-state index contributed by atoms with van der Waals surface area (Å²) >= 11 is 0. The maximum atomic E-state index is 9.01. The van der Waals surface area contributed by atoms with Gasteiger partial charge in [0.15, 0.2) is 6.79 Å². The van der Waals surface area contributed by atoms with E-state index in [2.05, 4.69) is 58.9 Å². The third-order valence-electron chi connectivity index (χ3n) is 7.37. The highest BCUT2D eigenvalue weighted by Crippen LogP contribution is 2.48. The Morgan fingerprint density at radius 2 is 1.47 bits per heavy atom. The van der Waals surface area contributed by atoms with Gasteiger partial charge >= 0.3 is 0 Å². The second kappa shape index (κ2) is 11.0. The number of benzene rings is 2. The predicted molar refractivity (Wildman–Crippen MR) is 132 cm³/mol. The molecule has 0 aliphatic heterocycles. The summed E-state index contributed by atoms with van der Waals surface area (Å²) in [4.78, 5) is 0. The topological polar surface area (TPSA) is 38.7 Å². The molecule has 1 saturated carbocycles. The van der Waals surface area contributed by atoms with E-state index in [0.29, 0.717) is 30.3 Å². The Bertz CT molecular complexity index is 855. The molecule has 2 aliphatic carbocycles. The summed E-state index contributed by atoms with van der Waals surface area (Å²) in [6.07, 6.45) is 9.34. The maximum absolute atomic E-state index is 9.01. The molecule has 32 heavy (non-hydrogen) atoms. The van der Waals surface area contributed by atoms with Crippen molar-refractivity contribution in [3.05, 3.63) is 71.8 Å². The van der Waals surface area contributed by atoms with Gasteiger partial charge < -0.3 is 14.6 Å². The summed E-state index contributed by atoms with van der Waals surface area (Å²) in [6.45, 7) is 11.4. The van der Waals surface area contributed by atoms with Crippen molar-refractivity contribution in [3.63, 3.8) is 0 Å². The van der Waals surface area contributed by atoms with E-state index in [1.807, 2.05) is 24.3 Å². The zero-order valence-corrected chi connectivity index (χ0v) is 20.4. The van der Waals surface area contributed by atoms with E-state index in [0.717, 1.165) is 30.9 Å². The van der Waals surface area contributed by atoms with Crippen LogP contribution in [0.5, 0.6) is 11.5 Å². The highest BCUT2D eigenvalue weighted by atomic mass is 16.7. The number of phenols is 1. The summed E-state index contributed by atoms with van der Waals surface area (Å²) in [6, 6.07) is 15.8. The van der Waals surface area contributed by atoms with E-state index in [4.69, 9.17) is 14.6 Å². The van der Waals surface area contributed by atoms with Gasteiger partial charge in [0, 0.05) is 5.92 Å². The first kappa shape index (κ1) is 24.4. The van der Waals surface area contributed by atoms with E-state index in [-0.39, 0.29) is 5.60 Å². The molecule has 0 spiro atoms. The van der Waals surface area contributed by atoms with Crippen LogP contribution in [0.4, 0.5) is 0 Å². The molecule has 1 N–H and O–H groups in total. The average molecular weight is 437 g/mol. The lowest BCUT2D eigenvalue weighted by Gasteiger charge is -2.31. The molecule has 4 rings (SSSR count). The van der Waals surface area contributed by atoms with Crippen molar-refractivity contribution in [1.82, 2.24) is 0 Å². The summed E-state index contributed by atoms with van der Waals surface area (Å²) in [5, 5.41) is 9.01. The number of aromatic hydroxyl groups is 1. The predicted octanol–water partition coefficient (Wildman–Crippen LogP) is 7.81. The highest BCUT2D eigenvalue weighted by Gasteiger charge is 2.46. The van der Waals surface area contributed by atoms with Crippen molar-refractivity contribution < 1.29 is 14.6 Å². The zero-order valence-electron chi connectivity index (χ0n) is 20.4. The Hall–Kier alpha value is -2.26. The molecule has 3 heteroatoms. The zero-order chi connectivity index (χ0) is 23.1. The minimum Gasteiger partial charge on any atom is -0.508 e. The molecule has 0 saturated heterocycles. The second-order valence-electron chi connectivity index (χ2n) is 9.69. The van der Waals surface area contributed by atoms with Crippen LogP contribution in [0.25, 0.3) is 0 Å². The first-order valence-corrected chi connectivity index (χ1v) is 12.2. The molecule has 0 amide bonds. The largest absolute Gasteiger partial charge is 0.508 e. The molecular weight excluding hydrogens is 396 g/mol. The van der Waals surface area contributed by atoms with Crippen LogP contribution in [-0.2, 0) is 4.74 Å². The first-order valence-electron chi connectivity index (χ1n) is 12.2. The fourth-order valence-corrected chi connectivity index (χ4v) is 4.62. The lowest BCUT2D eigenvalue weighted by Crippen LogP contribution is -2.34. The van der Waals surface area contributed by atoms with Crippen LogP contribution in [0.2, 0.25) is 0 Å². The smallest absolute Gasteiger partial charge is 0.189 e. The maximum Gasteiger partial charge on any atom is 0.189 e. The number of fused-ring (bicyclic) bond motifs is 2. The van der Waals surface area contributed by atoms with Gasteiger partial charge in [-0.2, -0.15) is 0 Å². The fourth-order valence-electron chi connectivity index (χ4n) is 4.62. The highest BCUT2D eigenvalue weighted by molar-refractivity contribution is 5.29. The van der Waals surface area contributed by atoms with Gasteiger partial charge in [0.2, 0.25) is 0 Å². The SMILES string of the molecule is CCC(C)c1ccc(O)cc1.CCC(C)c1ccc(OCOC2(C)CC3C=CC2C3)cc1. The van der Waals surface area contributed by atoms with Gasteiger partial charge in [-0.3, -0.25) is 0 Å². The minimum atomic E-state index is -0.0317. The van der Waals surface area contributed by atoms with Gasteiger partial charge in [-0.05, 0) is 85.8 Å². The molecule has 5 unspecified atom stereocenters. The number of ether oxygens (including phenoxy) is 2. The van der Waals surface area contributed by atoms with Crippen LogP contribution in [-0.4, -0.2) is 17.5 Å². The Morgan fingerprint density at radius 3 is 1.94 bits per heavy atom. The van der Waals surface area contributed by atoms with Crippen LogP contribution in [0, 0.1) is 11.8 Å². The molecule has 2 aromatic rings. The molecule has 2 aromatic carbocycles. The normalized spacial score (nSPS) is 25.2. The van der Waals surface area contributed by atoms with Crippen LogP contribution >= 0.6 is 0 Å². The average Bonchev–Trinajstić information content (AvgIpc) is 3.40. The van der Waals surface area contributed by atoms with Crippen LogP contribution in [0.15, 0.2) is 60.7 Å². The standard InChI is InChI=1S/C19H26O2.C10H14O/c1-4-14(2)16-6-9-18(10-7-16)20-13-21-19(3)12-15-5-8-17(19)11-15;1-3-8(2)9-4-6-10(11)7-5-9/h5-10,14-15,17H,4,11-13H2,1-3H3;4-8,11H,3H2,1-2H3. The van der Waals surface area contributed by atoms with E-state index < -0.39 is 0 Å². The molecule has 0 aromatic heterocycles. The van der Waals surface area contributed by atoms with Gasteiger partial charge in [-0.15, -0.1) is 0 Å². The quantitative estimate of drug-likeness (QED) is 0.339. The summed E-state index contributed by atoms with van der Waals surface area (Å²) in [5.74, 6) is 3.72. The molecule has 174 valence electrons. The third kappa shape index (κ3) is 6.16. The number of allylic oxidation sites excluding steroid dienone is 1. The number of rotatable bonds is 8. The Labute approximate surface area is 194 Å². The number of hydrogen-bond acceptors (Lipinski definition) is 3. The van der Waals surface area contributed by atoms with Gasteiger partial charge in [0.25, 0.3) is 0 Å². The van der Waals surface area contributed by atoms with Gasteiger partial charge in [-0.25, -0.2) is 0 Å². The Balaban J connectivity index is 0.000000222. The molecule has 3 nitrogen and oxygen atoms in total. The van der Waals surface area contributed by atoms with Crippen molar-refractivity contribution >= 4 is 0 Å². The summed E-state index contributed by atoms with van der Waals surface area (Å²) in [7, 11) is 0. The van der Waals surface area contributed by atoms with E-state index >= 15 is 0 Å². The molecule has 5 atom stereocenters. The summed E-state index contributed by atoms with van der Waals surface area (Å²) in [5.41, 5.74) is 2.64. The third-order valence-corrected chi connectivity index (χ3v) is 7.37. The minimum absolute atomic E-state index is 0.0317. The Morgan fingerprint density at radius 1 is 0.906 bits per heavy atom. The summed E-state index contributed by atoms with van der Waals surface area (Å²) < 4.78 is 11.8. The van der Waals surface area contributed by atoms with Crippen LogP contribution in [0.1, 0.15) is 83.3 Å². The molecule has 1 fully saturated rings. The molecule has 2 aliphatic rings. The van der Waals surface area contributed by atoms with Crippen LogP contribution in [0.3, 0.4) is 0 Å². The fraction of sp³-hybridized carbons (Fsp3) is 0.517. The van der Waals surface area contributed by atoms with Gasteiger partial charge in [-0.1, -0.05) is 64.1 Å².